The first kappa shape index (κ1) is 97.4. The molecule has 0 atom stereocenters. The van der Waals surface area contributed by atoms with Crippen molar-refractivity contribution in [2.24, 2.45) is 11.5 Å². The molecule has 0 spiro atoms. The number of fused-ring (bicyclic) bond motifs is 12. The van der Waals surface area contributed by atoms with Gasteiger partial charge < -0.3 is 71.8 Å². The number of amides is 2. The Balaban J connectivity index is 0.000000136. The summed E-state index contributed by atoms with van der Waals surface area (Å²) in [6.45, 7) is 5.66. The molecule has 0 aliphatic heterocycles. The smallest absolute Gasteiger partial charge is 0.357 e. The number of rotatable bonds is 22. The molecule has 40 heteroatoms. The number of carboxylic acid groups (broad SMARTS) is 2. The van der Waals surface area contributed by atoms with E-state index in [1.807, 2.05) is 121 Å². The van der Waals surface area contributed by atoms with Crippen molar-refractivity contribution >= 4 is 111 Å². The van der Waals surface area contributed by atoms with E-state index in [2.05, 4.69) is 120 Å². The summed E-state index contributed by atoms with van der Waals surface area (Å²) in [5.41, 5.74) is 22.2. The van der Waals surface area contributed by atoms with Crippen LogP contribution in [-0.2, 0) is 0 Å². The summed E-state index contributed by atoms with van der Waals surface area (Å²) >= 11 is 0. The maximum Gasteiger partial charge on any atom is 0.357 e. The summed E-state index contributed by atoms with van der Waals surface area (Å²) in [5.74, 6) is -7.76. The van der Waals surface area contributed by atoms with Gasteiger partial charge in [-0.05, 0) is 153 Å². The molecule has 20 aromatic heterocycles. The minimum absolute atomic E-state index is 0.0675. The number of pyridine rings is 16. The first-order chi connectivity index (χ1) is 67.6. The summed E-state index contributed by atoms with van der Waals surface area (Å²) in [4.78, 5) is 134. The standard InChI is InChI=1S/C25H21F2N7O.C25H22FN7O.C21H11F2N5O2.C21H12FN5O2.2C4H12N2/c1-34(2)7-6-29-25(35)23-17(26)8-15(11-31-23)21-18(27)12-32-24-22(21)16-9-19(30-13-20(16)33-24)14-4-3-5-28-10-14;1-33(2)9-8-28-25(34)19-6-5-16(12-29-19)22-18(26)13-31-24-23(22)17-10-20(30-14-21(17)32-24)15-4-3-7-27-11-15;22-13-4-11(7-26-19(13)21(29)30)17-14(23)8-27-20-18(17)12-5-15(25-9-16(12)28-20)10-2-1-3-24-6-10;22-14-9-26-20-19(18(14)12-3-4-15(21(28)29)24-8-12)13-6-16(25-10-17(13)27-20)11-2-1-5-23-7-11;2*1-6(2)4-3-5/h3-5,8-13H,6-7H2,1-2H3,(H,29,35)(H,32,33);3-7,10-14H,8-9H2,1-2H3,(H,28,34)(H,31,32);1-9H,(H,27,28)(H,29,30);1-10H,(H,26,27)(H,28,29);2*3-5H2,1-2H3. The van der Waals surface area contributed by atoms with E-state index in [0.29, 0.717) is 130 Å². The molecule has 0 aliphatic rings. The van der Waals surface area contributed by atoms with Gasteiger partial charge in [0.05, 0.1) is 94.4 Å². The topological polar surface area (TPSA) is 467 Å². The Morgan fingerprint density at radius 1 is 0.307 bits per heavy atom. The quantitative estimate of drug-likeness (QED) is 0.0282. The SMILES string of the molecule is CN(C)CCN.CN(C)CCN.CN(C)CCNC(=O)c1ccc(-c2c(F)cnc3[nH]c4cnc(-c5cccnc5)cc4c23)cn1.CN(C)CCNC(=O)c1ncc(-c2c(F)cnc3[nH]c4cnc(-c5cccnc5)cc4c23)cc1F.O=C(O)c1ccc(-c2c(F)cnc3[nH]c4cnc(-c5cccnc5)cc4c23)cn1.O=C(O)c1ncc(-c2c(F)cnc3[nH]c4cnc(-c5cccnc5)cc4c23)cc1F. The van der Waals surface area contributed by atoms with Crippen molar-refractivity contribution in [1.29, 1.82) is 0 Å². The number of nitrogens with two attached hydrogens (primary N) is 2. The molecule has 0 aliphatic carbocycles. The lowest BCUT2D eigenvalue weighted by atomic mass is 10.0. The number of nitrogens with zero attached hydrogens (tertiary/aromatic N) is 20. The molecule has 708 valence electrons. The Labute approximate surface area is 793 Å². The van der Waals surface area contributed by atoms with Gasteiger partial charge in [-0.3, -0.25) is 54.4 Å². The van der Waals surface area contributed by atoms with Crippen molar-refractivity contribution < 1.29 is 55.7 Å². The van der Waals surface area contributed by atoms with Gasteiger partial charge in [0.15, 0.2) is 23.0 Å². The molecular weight excluding hydrogens is 1800 g/mol. The molecule has 0 aromatic carbocycles. The molecule has 2 amide bonds. The average molecular weight is 1890 g/mol. The number of carbonyl (C=O) groups is 4. The van der Waals surface area contributed by atoms with Crippen LogP contribution >= 0.6 is 0 Å². The van der Waals surface area contributed by atoms with E-state index in [4.69, 9.17) is 21.7 Å². The monoisotopic (exact) mass is 1890 g/mol. The van der Waals surface area contributed by atoms with Gasteiger partial charge in [0.25, 0.3) is 11.8 Å². The largest absolute Gasteiger partial charge is 0.477 e. The molecule has 0 bridgehead atoms. The molecule has 20 aromatic rings. The normalized spacial score (nSPS) is 11.2. The fourth-order valence-electron chi connectivity index (χ4n) is 15.1. The van der Waals surface area contributed by atoms with Crippen LogP contribution in [0.4, 0.5) is 26.3 Å². The van der Waals surface area contributed by atoms with Gasteiger partial charge in [0.1, 0.15) is 57.2 Å². The van der Waals surface area contributed by atoms with Crippen molar-refractivity contribution in [1.82, 2.24) is 130 Å². The molecule has 0 saturated carbocycles. The number of carboxylic acids is 2. The molecule has 20 rings (SSSR count). The van der Waals surface area contributed by atoms with Crippen LogP contribution in [0.25, 0.3) is 177 Å². The Hall–Kier alpha value is -17.2. The average Bonchev–Trinajstić information content (AvgIpc) is 1.61. The van der Waals surface area contributed by atoms with Crippen LogP contribution in [0, 0.1) is 34.9 Å². The number of carbonyl (C=O) groups excluding carboxylic acids is 2. The van der Waals surface area contributed by atoms with Crippen molar-refractivity contribution in [3.8, 4) is 89.5 Å². The van der Waals surface area contributed by atoms with Crippen LogP contribution in [0.15, 0.2) is 233 Å². The second-order valence-corrected chi connectivity index (χ2v) is 32.6. The van der Waals surface area contributed by atoms with Gasteiger partial charge in [0.2, 0.25) is 0 Å². The predicted molar refractivity (Wildman–Crippen MR) is 522 cm³/mol. The zero-order valence-corrected chi connectivity index (χ0v) is 76.5. The van der Waals surface area contributed by atoms with E-state index < -0.39 is 58.4 Å². The van der Waals surface area contributed by atoms with Gasteiger partial charge in [0, 0.05) is 237 Å². The number of halogens is 6. The number of likely N-dealkylation sites (N-methyl/N-ethyl adjacent to an activating group) is 4. The number of hydrogen-bond acceptors (Lipinski definition) is 26. The summed E-state index contributed by atoms with van der Waals surface area (Å²) in [6, 6.07) is 30.4. The van der Waals surface area contributed by atoms with E-state index in [1.54, 1.807) is 105 Å². The second-order valence-electron chi connectivity index (χ2n) is 32.6. The lowest BCUT2D eigenvalue weighted by molar-refractivity contribution is 0.0676. The van der Waals surface area contributed by atoms with Gasteiger partial charge in [-0.25, -0.2) is 70.8 Å². The van der Waals surface area contributed by atoms with Crippen molar-refractivity contribution in [2.45, 2.75) is 0 Å². The number of H-pyrrole nitrogens is 4. The molecule has 20 heterocycles. The highest BCUT2D eigenvalue weighted by Crippen LogP contribution is 2.42. The highest BCUT2D eigenvalue weighted by atomic mass is 19.1. The molecule has 0 radical (unpaired) electrons. The van der Waals surface area contributed by atoms with Crippen LogP contribution in [0.5, 0.6) is 0 Å². The number of aromatic carboxylic acids is 2. The number of aromatic amines is 4. The van der Waals surface area contributed by atoms with Gasteiger partial charge in [-0.15, -0.1) is 0 Å². The second kappa shape index (κ2) is 44.1. The zero-order chi connectivity index (χ0) is 99.0. The van der Waals surface area contributed by atoms with Gasteiger partial charge in [-0.1, -0.05) is 12.1 Å². The first-order valence-corrected chi connectivity index (χ1v) is 43.3. The van der Waals surface area contributed by atoms with Crippen LogP contribution < -0.4 is 22.1 Å². The third-order valence-corrected chi connectivity index (χ3v) is 21.7. The lowest BCUT2D eigenvalue weighted by Gasteiger charge is -2.11. The molecule has 140 heavy (non-hydrogen) atoms. The fourth-order valence-corrected chi connectivity index (χ4v) is 15.1. The van der Waals surface area contributed by atoms with Crippen LogP contribution in [0.1, 0.15) is 42.0 Å². The molecule has 12 N–H and O–H groups in total. The maximum absolute atomic E-state index is 15.1. The van der Waals surface area contributed by atoms with Crippen molar-refractivity contribution in [3.63, 3.8) is 0 Å². The third-order valence-electron chi connectivity index (χ3n) is 21.7. The molecule has 0 saturated heterocycles. The number of nitrogens with one attached hydrogen (secondary N) is 6. The number of hydrogen-bond donors (Lipinski definition) is 10. The molecule has 34 nitrogen and oxygen atoms in total. The first-order valence-electron chi connectivity index (χ1n) is 43.3. The Bertz CT molecular complexity index is 7880. The Kier molecular flexibility index (Phi) is 30.7. The summed E-state index contributed by atoms with van der Waals surface area (Å²) in [5, 5.41) is 28.4. The third kappa shape index (κ3) is 22.3. The van der Waals surface area contributed by atoms with E-state index in [-0.39, 0.29) is 45.2 Å². The predicted octanol–water partition coefficient (Wildman–Crippen LogP) is 14.8. The van der Waals surface area contributed by atoms with E-state index in [1.165, 1.54) is 36.9 Å². The van der Waals surface area contributed by atoms with Gasteiger partial charge in [-0.2, -0.15) is 0 Å². The van der Waals surface area contributed by atoms with Gasteiger partial charge >= 0.3 is 11.9 Å². The summed E-state index contributed by atoms with van der Waals surface area (Å²) in [7, 11) is 15.6. The van der Waals surface area contributed by atoms with Crippen LogP contribution in [0.2, 0.25) is 0 Å². The highest BCUT2D eigenvalue weighted by molar-refractivity contribution is 6.17. The molecular formula is C100H90F6N28O6. The van der Waals surface area contributed by atoms with Crippen molar-refractivity contribution in [2.75, 3.05) is 109 Å². The zero-order valence-electron chi connectivity index (χ0n) is 76.5. The Morgan fingerprint density at radius 2 is 0.607 bits per heavy atom. The van der Waals surface area contributed by atoms with E-state index in [0.717, 1.165) is 114 Å². The summed E-state index contributed by atoms with van der Waals surface area (Å²) < 4.78 is 89.1. The van der Waals surface area contributed by atoms with E-state index >= 15 is 8.78 Å². The van der Waals surface area contributed by atoms with Crippen molar-refractivity contribution in [3.05, 3.63) is 291 Å². The minimum Gasteiger partial charge on any atom is -0.477 e. The summed E-state index contributed by atoms with van der Waals surface area (Å²) in [6.07, 6.45) is 29.8. The van der Waals surface area contributed by atoms with Crippen LogP contribution in [0.3, 0.4) is 0 Å². The fraction of sp³-hybridized carbons (Fsp3) is 0.160. The number of aromatic nitrogens is 20. The highest BCUT2D eigenvalue weighted by Gasteiger charge is 2.27. The van der Waals surface area contributed by atoms with E-state index in [9.17, 15) is 36.7 Å². The Morgan fingerprint density at radius 3 is 0.871 bits per heavy atom. The lowest BCUT2D eigenvalue weighted by Crippen LogP contribution is -2.32. The van der Waals surface area contributed by atoms with Crippen LogP contribution in [-0.4, -0.2) is 262 Å². The minimum atomic E-state index is -1.50. The maximum atomic E-state index is 15.1. The molecule has 0 fully saturated rings. The molecule has 0 unspecified atom stereocenters.